The molecule has 1 aliphatic rings. The van der Waals surface area contributed by atoms with Crippen LogP contribution in [-0.4, -0.2) is 6.54 Å². The molecule has 0 aromatic heterocycles. The van der Waals surface area contributed by atoms with E-state index in [0.29, 0.717) is 0 Å². The first-order valence-electron chi connectivity index (χ1n) is 6.07. The van der Waals surface area contributed by atoms with E-state index < -0.39 is 0 Å². The minimum absolute atomic E-state index is 0.719. The molecule has 18 heavy (non-hydrogen) atoms. The van der Waals surface area contributed by atoms with Crippen molar-refractivity contribution < 1.29 is 4.74 Å². The average molecular weight is 260 g/mol. The minimum atomic E-state index is 0.719. The lowest BCUT2D eigenvalue weighted by atomic mass is 10.0. The number of halogens is 1. The predicted molar refractivity (Wildman–Crippen MR) is 73.4 cm³/mol. The minimum Gasteiger partial charge on any atom is -0.457 e. The van der Waals surface area contributed by atoms with Crippen LogP contribution in [0, 0.1) is 0 Å². The van der Waals surface area contributed by atoms with Crippen molar-refractivity contribution in [1.29, 1.82) is 0 Å². The number of ether oxygens (including phenoxy) is 1. The first kappa shape index (κ1) is 11.6. The zero-order valence-electron chi connectivity index (χ0n) is 9.95. The molecule has 1 N–H and O–H groups in total. The summed E-state index contributed by atoms with van der Waals surface area (Å²) in [6.45, 7) is 1.98. The Morgan fingerprint density at radius 1 is 0.944 bits per heavy atom. The molecule has 0 fully saturated rings. The van der Waals surface area contributed by atoms with Crippen molar-refractivity contribution in [2.24, 2.45) is 0 Å². The summed E-state index contributed by atoms with van der Waals surface area (Å²) in [5.74, 6) is 1.68. The van der Waals surface area contributed by atoms with Crippen LogP contribution in [-0.2, 0) is 13.0 Å². The number of rotatable bonds is 2. The summed E-state index contributed by atoms with van der Waals surface area (Å²) in [6.07, 6.45) is 1.09. The van der Waals surface area contributed by atoms with Gasteiger partial charge in [0.05, 0.1) is 0 Å². The second kappa shape index (κ2) is 5.01. The van der Waals surface area contributed by atoms with E-state index in [1.165, 1.54) is 11.1 Å². The van der Waals surface area contributed by atoms with Crippen LogP contribution < -0.4 is 10.1 Å². The largest absolute Gasteiger partial charge is 0.457 e. The molecule has 3 rings (SSSR count). The van der Waals surface area contributed by atoms with Crippen LogP contribution >= 0.6 is 11.6 Å². The molecule has 3 heteroatoms. The molecule has 1 aliphatic heterocycles. The predicted octanol–water partition coefficient (Wildman–Crippen LogP) is 3.78. The van der Waals surface area contributed by atoms with Crippen molar-refractivity contribution in [3.05, 3.63) is 58.6 Å². The Kier molecular flexibility index (Phi) is 3.22. The number of hydrogen-bond donors (Lipinski definition) is 1. The lowest BCUT2D eigenvalue weighted by Crippen LogP contribution is -2.23. The highest BCUT2D eigenvalue weighted by molar-refractivity contribution is 6.30. The molecule has 0 atom stereocenters. The maximum Gasteiger partial charge on any atom is 0.127 e. The average Bonchev–Trinajstić information content (AvgIpc) is 2.41. The third-order valence-corrected chi connectivity index (χ3v) is 3.37. The van der Waals surface area contributed by atoms with Crippen LogP contribution in [0.15, 0.2) is 42.5 Å². The van der Waals surface area contributed by atoms with Crippen molar-refractivity contribution in [2.45, 2.75) is 13.0 Å². The molecule has 0 unspecified atom stereocenters. The molecule has 0 saturated carbocycles. The van der Waals surface area contributed by atoms with Crippen molar-refractivity contribution in [1.82, 2.24) is 5.32 Å². The van der Waals surface area contributed by atoms with Gasteiger partial charge in [0.15, 0.2) is 0 Å². The van der Waals surface area contributed by atoms with Crippen molar-refractivity contribution in [2.75, 3.05) is 6.54 Å². The number of nitrogens with one attached hydrogen (secondary N) is 1. The lowest BCUT2D eigenvalue weighted by molar-refractivity contribution is 0.480. The lowest BCUT2D eigenvalue weighted by Gasteiger charge is -2.17. The van der Waals surface area contributed by atoms with Crippen molar-refractivity contribution >= 4 is 11.6 Å². The molecule has 2 aromatic rings. The Bertz CT molecular complexity index is 551. The summed E-state index contributed by atoms with van der Waals surface area (Å²) in [4.78, 5) is 0. The van der Waals surface area contributed by atoms with Gasteiger partial charge in [-0.05, 0) is 60.5 Å². The summed E-state index contributed by atoms with van der Waals surface area (Å²) in [7, 11) is 0. The Balaban J connectivity index is 1.82. The van der Waals surface area contributed by atoms with Crippen LogP contribution in [0.4, 0.5) is 0 Å². The topological polar surface area (TPSA) is 21.3 Å². The fourth-order valence-electron chi connectivity index (χ4n) is 2.16. The van der Waals surface area contributed by atoms with Gasteiger partial charge in [0.1, 0.15) is 11.5 Å². The summed E-state index contributed by atoms with van der Waals surface area (Å²) >= 11 is 5.85. The Morgan fingerprint density at radius 2 is 1.72 bits per heavy atom. The maximum absolute atomic E-state index is 5.85. The summed E-state index contributed by atoms with van der Waals surface area (Å²) in [5, 5.41) is 4.09. The highest BCUT2D eigenvalue weighted by Crippen LogP contribution is 2.26. The second-order valence-electron chi connectivity index (χ2n) is 4.41. The molecule has 0 bridgehead atoms. The monoisotopic (exact) mass is 259 g/mol. The fraction of sp³-hybridized carbons (Fsp3) is 0.200. The maximum atomic E-state index is 5.85. The van der Waals surface area contributed by atoms with Gasteiger partial charge in [0.25, 0.3) is 0 Å². The van der Waals surface area contributed by atoms with Gasteiger partial charge in [0, 0.05) is 11.6 Å². The molecule has 0 radical (unpaired) electrons. The van der Waals surface area contributed by atoms with Crippen LogP contribution in [0.1, 0.15) is 11.1 Å². The highest BCUT2D eigenvalue weighted by atomic mass is 35.5. The zero-order valence-corrected chi connectivity index (χ0v) is 10.7. The van der Waals surface area contributed by atoms with Crippen LogP contribution in [0.5, 0.6) is 11.5 Å². The quantitative estimate of drug-likeness (QED) is 0.886. The van der Waals surface area contributed by atoms with E-state index in [2.05, 4.69) is 17.4 Å². The van der Waals surface area contributed by atoms with Gasteiger partial charge in [0.2, 0.25) is 0 Å². The van der Waals surface area contributed by atoms with Gasteiger partial charge < -0.3 is 10.1 Å². The van der Waals surface area contributed by atoms with Crippen LogP contribution in [0.25, 0.3) is 0 Å². The standard InChI is InChI=1S/C15H14ClNO/c16-13-2-5-14(6-3-13)18-15-4-1-11-7-8-17-10-12(11)9-15/h1-6,9,17H,7-8,10H2. The highest BCUT2D eigenvalue weighted by Gasteiger charge is 2.09. The molecule has 0 aliphatic carbocycles. The second-order valence-corrected chi connectivity index (χ2v) is 4.85. The normalized spacial score (nSPS) is 14.1. The number of fused-ring (bicyclic) bond motifs is 1. The van der Waals surface area contributed by atoms with E-state index in [0.717, 1.165) is 36.0 Å². The van der Waals surface area contributed by atoms with Gasteiger partial charge in [-0.25, -0.2) is 0 Å². The molecular formula is C15H14ClNO. The Labute approximate surface area is 112 Å². The number of benzene rings is 2. The van der Waals surface area contributed by atoms with E-state index >= 15 is 0 Å². The van der Waals surface area contributed by atoms with Gasteiger partial charge in [-0.15, -0.1) is 0 Å². The molecule has 0 saturated heterocycles. The van der Waals surface area contributed by atoms with Gasteiger partial charge in [-0.2, -0.15) is 0 Å². The van der Waals surface area contributed by atoms with E-state index in [9.17, 15) is 0 Å². The first-order valence-corrected chi connectivity index (χ1v) is 6.45. The summed E-state index contributed by atoms with van der Waals surface area (Å²) < 4.78 is 5.81. The first-order chi connectivity index (χ1) is 8.81. The van der Waals surface area contributed by atoms with Crippen LogP contribution in [0.3, 0.4) is 0 Å². The third kappa shape index (κ3) is 2.50. The Hall–Kier alpha value is -1.51. The SMILES string of the molecule is Clc1ccc(Oc2ccc3c(c2)CNCC3)cc1. The Morgan fingerprint density at radius 3 is 2.56 bits per heavy atom. The smallest absolute Gasteiger partial charge is 0.127 e. The molecule has 2 aromatic carbocycles. The molecule has 0 amide bonds. The van der Waals surface area contributed by atoms with Gasteiger partial charge >= 0.3 is 0 Å². The van der Waals surface area contributed by atoms with E-state index in [4.69, 9.17) is 16.3 Å². The number of hydrogen-bond acceptors (Lipinski definition) is 2. The van der Waals surface area contributed by atoms with Gasteiger partial charge in [-0.1, -0.05) is 17.7 Å². The zero-order chi connectivity index (χ0) is 12.4. The van der Waals surface area contributed by atoms with Crippen molar-refractivity contribution in [3.8, 4) is 11.5 Å². The van der Waals surface area contributed by atoms with E-state index in [1.54, 1.807) is 0 Å². The van der Waals surface area contributed by atoms with Gasteiger partial charge in [-0.3, -0.25) is 0 Å². The fourth-order valence-corrected chi connectivity index (χ4v) is 2.29. The molecular weight excluding hydrogens is 246 g/mol. The summed E-state index contributed by atoms with van der Waals surface area (Å²) in [5.41, 5.74) is 2.74. The van der Waals surface area contributed by atoms with E-state index in [1.807, 2.05) is 30.3 Å². The summed E-state index contributed by atoms with van der Waals surface area (Å²) in [6, 6.07) is 13.7. The van der Waals surface area contributed by atoms with Crippen molar-refractivity contribution in [3.63, 3.8) is 0 Å². The molecule has 2 nitrogen and oxygen atoms in total. The third-order valence-electron chi connectivity index (χ3n) is 3.11. The van der Waals surface area contributed by atoms with E-state index in [-0.39, 0.29) is 0 Å². The molecule has 1 heterocycles. The molecule has 0 spiro atoms. The van der Waals surface area contributed by atoms with Crippen LogP contribution in [0.2, 0.25) is 5.02 Å². The molecule has 92 valence electrons.